The maximum atomic E-state index is 6.20. The molecule has 0 bridgehead atoms. The van der Waals surface area contributed by atoms with Crippen LogP contribution >= 0.6 is 23.2 Å². The Morgan fingerprint density at radius 1 is 0.957 bits per heavy atom. The summed E-state index contributed by atoms with van der Waals surface area (Å²) in [6, 6.07) is 15.7. The number of nitrogens with one attached hydrogen (secondary N) is 1. The summed E-state index contributed by atoms with van der Waals surface area (Å²) in [6.45, 7) is 0.620. The molecule has 3 nitrogen and oxygen atoms in total. The number of hydrogen-bond acceptors (Lipinski definition) is 3. The predicted molar refractivity (Wildman–Crippen MR) is 95.4 cm³/mol. The molecule has 2 aromatic rings. The number of hydrazine groups is 1. The van der Waals surface area contributed by atoms with E-state index in [9.17, 15) is 0 Å². The van der Waals surface area contributed by atoms with Crippen molar-refractivity contribution in [1.29, 1.82) is 0 Å². The lowest BCUT2D eigenvalue weighted by atomic mass is 10.2. The van der Waals surface area contributed by atoms with Gasteiger partial charge >= 0.3 is 0 Å². The normalized spacial score (nSPS) is 13.5. The second-order valence-corrected chi connectivity index (χ2v) is 5.83. The van der Waals surface area contributed by atoms with Crippen LogP contribution in [-0.2, 0) is 11.2 Å². The van der Waals surface area contributed by atoms with E-state index in [1.807, 2.05) is 36.5 Å². The predicted octanol–water partition coefficient (Wildman–Crippen LogP) is 4.93. The van der Waals surface area contributed by atoms with Gasteiger partial charge in [-0.1, -0.05) is 59.6 Å². The minimum atomic E-state index is 0.580. The summed E-state index contributed by atoms with van der Waals surface area (Å²) < 4.78 is 5.75. The van der Waals surface area contributed by atoms with Crippen molar-refractivity contribution in [3.63, 3.8) is 0 Å². The number of anilines is 1. The van der Waals surface area contributed by atoms with E-state index in [1.165, 1.54) is 5.56 Å². The zero-order valence-electron chi connectivity index (χ0n) is 12.4. The Kier molecular flexibility index (Phi) is 5.11. The highest BCUT2D eigenvalue weighted by Crippen LogP contribution is 2.33. The number of rotatable bonds is 5. The van der Waals surface area contributed by atoms with Crippen LogP contribution in [-0.4, -0.2) is 6.61 Å². The van der Waals surface area contributed by atoms with Crippen LogP contribution in [0.5, 0.6) is 0 Å². The minimum Gasteiger partial charge on any atom is -0.492 e. The first-order chi connectivity index (χ1) is 11.2. The lowest BCUT2D eigenvalue weighted by Crippen LogP contribution is -2.32. The monoisotopic (exact) mass is 346 g/mol. The molecule has 1 aliphatic heterocycles. The third kappa shape index (κ3) is 4.01. The first-order valence-corrected chi connectivity index (χ1v) is 8.04. The molecular formula is C18H16Cl2N2O. The molecule has 0 amide bonds. The van der Waals surface area contributed by atoms with Gasteiger partial charge in [0.25, 0.3) is 0 Å². The Morgan fingerprint density at radius 2 is 1.70 bits per heavy atom. The molecule has 1 aliphatic rings. The molecule has 0 radical (unpaired) electrons. The topological polar surface area (TPSA) is 24.5 Å². The van der Waals surface area contributed by atoms with Crippen molar-refractivity contribution < 1.29 is 4.74 Å². The van der Waals surface area contributed by atoms with Crippen LogP contribution < -0.4 is 10.4 Å². The lowest BCUT2D eigenvalue weighted by molar-refractivity contribution is 0.225. The average Bonchev–Trinajstić information content (AvgIpc) is 2.57. The van der Waals surface area contributed by atoms with Gasteiger partial charge in [0.1, 0.15) is 5.76 Å². The van der Waals surface area contributed by atoms with E-state index in [1.54, 1.807) is 23.3 Å². The summed E-state index contributed by atoms with van der Waals surface area (Å²) in [5.41, 5.74) is 5.08. The van der Waals surface area contributed by atoms with Crippen LogP contribution in [0.25, 0.3) is 0 Å². The first kappa shape index (κ1) is 15.8. The van der Waals surface area contributed by atoms with Gasteiger partial charge in [-0.05, 0) is 23.8 Å². The maximum absolute atomic E-state index is 6.20. The molecule has 0 spiro atoms. The van der Waals surface area contributed by atoms with Crippen LogP contribution in [0.15, 0.2) is 72.8 Å². The van der Waals surface area contributed by atoms with Gasteiger partial charge < -0.3 is 4.74 Å². The SMILES string of the molecule is Clc1cccc(Cl)c1N1C=CC(OCCc2ccccc2)=CN1. The molecule has 0 aromatic heterocycles. The summed E-state index contributed by atoms with van der Waals surface area (Å²) in [5, 5.41) is 2.92. The van der Waals surface area contributed by atoms with Crippen molar-refractivity contribution in [2.75, 3.05) is 11.6 Å². The lowest BCUT2D eigenvalue weighted by Gasteiger charge is -2.25. The zero-order valence-corrected chi connectivity index (χ0v) is 13.9. The number of halogens is 2. The smallest absolute Gasteiger partial charge is 0.138 e. The fourth-order valence-electron chi connectivity index (χ4n) is 2.25. The highest BCUT2D eigenvalue weighted by atomic mass is 35.5. The molecule has 0 saturated heterocycles. The van der Waals surface area contributed by atoms with E-state index in [2.05, 4.69) is 17.6 Å². The summed E-state index contributed by atoms with van der Waals surface area (Å²) in [7, 11) is 0. The minimum absolute atomic E-state index is 0.580. The Bertz CT molecular complexity index is 709. The standard InChI is InChI=1S/C18H16Cl2N2O/c19-16-7-4-8-17(20)18(16)22-11-9-15(13-21-22)23-12-10-14-5-2-1-3-6-14/h1-9,11,13,21H,10,12H2. The molecule has 0 atom stereocenters. The fraction of sp³-hybridized carbons (Fsp3) is 0.111. The van der Waals surface area contributed by atoms with E-state index in [4.69, 9.17) is 27.9 Å². The summed E-state index contributed by atoms with van der Waals surface area (Å²) >= 11 is 12.4. The van der Waals surface area contributed by atoms with Crippen LogP contribution in [0.3, 0.4) is 0 Å². The molecular weight excluding hydrogens is 331 g/mol. The molecule has 0 aliphatic carbocycles. The van der Waals surface area contributed by atoms with Crippen LogP contribution in [0.4, 0.5) is 5.69 Å². The maximum Gasteiger partial charge on any atom is 0.138 e. The molecule has 1 N–H and O–H groups in total. The Labute approximate surface area is 145 Å². The van der Waals surface area contributed by atoms with Gasteiger partial charge in [-0.25, -0.2) is 0 Å². The van der Waals surface area contributed by atoms with Gasteiger partial charge in [0.15, 0.2) is 0 Å². The van der Waals surface area contributed by atoms with Crippen LogP contribution in [0.2, 0.25) is 10.0 Å². The van der Waals surface area contributed by atoms with E-state index in [0.717, 1.165) is 12.2 Å². The second-order valence-electron chi connectivity index (χ2n) is 5.02. The highest BCUT2D eigenvalue weighted by molar-refractivity contribution is 6.39. The van der Waals surface area contributed by atoms with Gasteiger partial charge in [0.05, 0.1) is 28.5 Å². The van der Waals surface area contributed by atoms with Crippen molar-refractivity contribution >= 4 is 28.9 Å². The Hall–Kier alpha value is -2.10. The summed E-state index contributed by atoms with van der Waals surface area (Å²) in [4.78, 5) is 0. The van der Waals surface area contributed by atoms with Crippen molar-refractivity contribution in [2.45, 2.75) is 6.42 Å². The quantitative estimate of drug-likeness (QED) is 0.830. The second kappa shape index (κ2) is 7.44. The third-order valence-corrected chi connectivity index (χ3v) is 4.02. The third-order valence-electron chi connectivity index (χ3n) is 3.41. The number of nitrogens with zero attached hydrogens (tertiary/aromatic N) is 1. The first-order valence-electron chi connectivity index (χ1n) is 7.28. The Balaban J connectivity index is 1.56. The number of para-hydroxylation sites is 1. The zero-order chi connectivity index (χ0) is 16.1. The molecule has 5 heteroatoms. The number of ether oxygens (including phenoxy) is 1. The van der Waals surface area contributed by atoms with Gasteiger partial charge in [0.2, 0.25) is 0 Å². The van der Waals surface area contributed by atoms with Crippen molar-refractivity contribution in [2.24, 2.45) is 0 Å². The largest absolute Gasteiger partial charge is 0.492 e. The molecule has 2 aromatic carbocycles. The van der Waals surface area contributed by atoms with Gasteiger partial charge in [-0.3, -0.25) is 10.4 Å². The van der Waals surface area contributed by atoms with Gasteiger partial charge in [-0.15, -0.1) is 0 Å². The van der Waals surface area contributed by atoms with E-state index in [0.29, 0.717) is 22.3 Å². The van der Waals surface area contributed by atoms with E-state index in [-0.39, 0.29) is 0 Å². The van der Waals surface area contributed by atoms with Crippen molar-refractivity contribution in [3.8, 4) is 0 Å². The molecule has 1 heterocycles. The van der Waals surface area contributed by atoms with Crippen LogP contribution in [0, 0.1) is 0 Å². The van der Waals surface area contributed by atoms with E-state index >= 15 is 0 Å². The van der Waals surface area contributed by atoms with Gasteiger partial charge in [-0.2, -0.15) is 0 Å². The molecule has 0 saturated carbocycles. The van der Waals surface area contributed by atoms with Gasteiger partial charge in [0, 0.05) is 12.6 Å². The summed E-state index contributed by atoms with van der Waals surface area (Å²) in [5.74, 6) is 0.764. The molecule has 0 fully saturated rings. The molecule has 0 unspecified atom stereocenters. The van der Waals surface area contributed by atoms with Crippen molar-refractivity contribution in [1.82, 2.24) is 5.43 Å². The highest BCUT2D eigenvalue weighted by Gasteiger charge is 2.14. The number of benzene rings is 2. The molecule has 23 heavy (non-hydrogen) atoms. The van der Waals surface area contributed by atoms with E-state index < -0.39 is 0 Å². The molecule has 118 valence electrons. The number of hydrogen-bond donors (Lipinski definition) is 1. The van der Waals surface area contributed by atoms with Crippen LogP contribution in [0.1, 0.15) is 5.56 Å². The Morgan fingerprint density at radius 3 is 2.35 bits per heavy atom. The molecule has 3 rings (SSSR count). The number of allylic oxidation sites excluding steroid dienone is 1. The average molecular weight is 347 g/mol. The van der Waals surface area contributed by atoms with Crippen molar-refractivity contribution in [3.05, 3.63) is 88.4 Å². The summed E-state index contributed by atoms with van der Waals surface area (Å²) in [6.07, 6.45) is 6.36. The fourth-order valence-corrected chi connectivity index (χ4v) is 2.83.